The average Bonchev–Trinajstić information content (AvgIpc) is 2.17. The van der Waals surface area contributed by atoms with Gasteiger partial charge in [0.1, 0.15) is 0 Å². The molecule has 0 saturated heterocycles. The third-order valence-corrected chi connectivity index (χ3v) is 3.19. The summed E-state index contributed by atoms with van der Waals surface area (Å²) in [4.78, 5) is 12.1. The molecule has 0 aliphatic carbocycles. The molecule has 0 radical (unpaired) electrons. The quantitative estimate of drug-likeness (QED) is 0.727. The van der Waals surface area contributed by atoms with Gasteiger partial charge in [0.2, 0.25) is 0 Å². The topological polar surface area (TPSA) is 22.0 Å². The standard InChI is InChI=1S/C12H18ClNO/c1-5-9(3)14-10(4)6-8(2)11(7-13)12(14)15/h6,9H,5,7H2,1-4H3. The normalized spacial score (nSPS) is 12.9. The number of hydrogen-bond acceptors (Lipinski definition) is 1. The van der Waals surface area contributed by atoms with E-state index >= 15 is 0 Å². The second-order valence-electron chi connectivity index (χ2n) is 4.01. The second kappa shape index (κ2) is 4.84. The van der Waals surface area contributed by atoms with Crippen LogP contribution in [0, 0.1) is 13.8 Å². The highest BCUT2D eigenvalue weighted by Gasteiger charge is 2.12. The molecule has 0 bridgehead atoms. The Morgan fingerprint density at radius 1 is 1.47 bits per heavy atom. The van der Waals surface area contributed by atoms with Crippen molar-refractivity contribution in [1.82, 2.24) is 4.57 Å². The van der Waals surface area contributed by atoms with Gasteiger partial charge in [0.15, 0.2) is 0 Å². The molecule has 1 rings (SSSR count). The number of aromatic nitrogens is 1. The molecule has 3 heteroatoms. The predicted octanol–water partition coefficient (Wildman–Crippen LogP) is 3.17. The number of nitrogens with zero attached hydrogens (tertiary/aromatic N) is 1. The van der Waals surface area contributed by atoms with Gasteiger partial charge in [0.25, 0.3) is 5.56 Å². The lowest BCUT2D eigenvalue weighted by Gasteiger charge is -2.18. The molecule has 1 atom stereocenters. The van der Waals surface area contributed by atoms with E-state index in [1.807, 2.05) is 24.5 Å². The minimum Gasteiger partial charge on any atom is -0.310 e. The van der Waals surface area contributed by atoms with Crippen molar-refractivity contribution < 1.29 is 0 Å². The Kier molecular flexibility index (Phi) is 3.97. The first-order valence-electron chi connectivity index (χ1n) is 5.30. The Morgan fingerprint density at radius 2 is 2.07 bits per heavy atom. The SMILES string of the molecule is CCC(C)n1c(C)cc(C)c(CCl)c1=O. The third-order valence-electron chi connectivity index (χ3n) is 2.92. The summed E-state index contributed by atoms with van der Waals surface area (Å²) in [6, 6.07) is 2.27. The van der Waals surface area contributed by atoms with E-state index in [9.17, 15) is 4.79 Å². The molecular formula is C12H18ClNO. The van der Waals surface area contributed by atoms with Crippen LogP contribution in [0.4, 0.5) is 0 Å². The lowest BCUT2D eigenvalue weighted by atomic mass is 10.1. The molecule has 0 N–H and O–H groups in total. The zero-order chi connectivity index (χ0) is 11.6. The Morgan fingerprint density at radius 3 is 2.53 bits per heavy atom. The Bertz CT molecular complexity index is 409. The van der Waals surface area contributed by atoms with Gasteiger partial charge in [-0.15, -0.1) is 11.6 Å². The van der Waals surface area contributed by atoms with Crippen LogP contribution in [0.3, 0.4) is 0 Å². The van der Waals surface area contributed by atoms with Gasteiger partial charge in [0, 0.05) is 17.3 Å². The van der Waals surface area contributed by atoms with Gasteiger partial charge >= 0.3 is 0 Å². The summed E-state index contributed by atoms with van der Waals surface area (Å²) in [6.07, 6.45) is 0.950. The van der Waals surface area contributed by atoms with E-state index in [1.54, 1.807) is 0 Å². The van der Waals surface area contributed by atoms with Crippen LogP contribution in [-0.4, -0.2) is 4.57 Å². The smallest absolute Gasteiger partial charge is 0.255 e. The van der Waals surface area contributed by atoms with Crippen LogP contribution in [0.5, 0.6) is 0 Å². The Labute approximate surface area is 95.9 Å². The predicted molar refractivity (Wildman–Crippen MR) is 64.7 cm³/mol. The van der Waals surface area contributed by atoms with Crippen molar-refractivity contribution in [3.63, 3.8) is 0 Å². The van der Waals surface area contributed by atoms with E-state index in [1.165, 1.54) is 0 Å². The number of pyridine rings is 1. The summed E-state index contributed by atoms with van der Waals surface area (Å²) in [6.45, 7) is 8.05. The Hall–Kier alpha value is -0.760. The lowest BCUT2D eigenvalue weighted by molar-refractivity contribution is 0.499. The van der Waals surface area contributed by atoms with E-state index in [2.05, 4.69) is 13.8 Å². The number of halogens is 1. The van der Waals surface area contributed by atoms with E-state index in [-0.39, 0.29) is 11.6 Å². The van der Waals surface area contributed by atoms with Crippen molar-refractivity contribution in [2.45, 2.75) is 46.0 Å². The third kappa shape index (κ3) is 2.25. The van der Waals surface area contributed by atoms with Gasteiger partial charge in [-0.1, -0.05) is 6.92 Å². The maximum Gasteiger partial charge on any atom is 0.255 e. The number of rotatable bonds is 3. The fraction of sp³-hybridized carbons (Fsp3) is 0.583. The minimum absolute atomic E-state index is 0.0665. The number of aryl methyl sites for hydroxylation is 2. The highest BCUT2D eigenvalue weighted by atomic mass is 35.5. The molecule has 1 heterocycles. The Balaban J connectivity index is 3.46. The molecule has 2 nitrogen and oxygen atoms in total. The molecule has 1 unspecified atom stereocenters. The lowest BCUT2D eigenvalue weighted by Crippen LogP contribution is -2.28. The van der Waals surface area contributed by atoms with Crippen LogP contribution in [0.15, 0.2) is 10.9 Å². The first-order chi connectivity index (χ1) is 7.02. The zero-order valence-corrected chi connectivity index (χ0v) is 10.6. The summed E-state index contributed by atoms with van der Waals surface area (Å²) < 4.78 is 1.84. The van der Waals surface area contributed by atoms with Crippen LogP contribution in [-0.2, 0) is 5.88 Å². The molecule has 0 aromatic carbocycles. The summed E-state index contributed by atoms with van der Waals surface area (Å²) in [5.74, 6) is 0.293. The van der Waals surface area contributed by atoms with Crippen molar-refractivity contribution >= 4 is 11.6 Å². The first-order valence-corrected chi connectivity index (χ1v) is 5.83. The van der Waals surface area contributed by atoms with Gasteiger partial charge in [-0.05, 0) is 38.8 Å². The van der Waals surface area contributed by atoms with Crippen molar-refractivity contribution in [1.29, 1.82) is 0 Å². The van der Waals surface area contributed by atoms with Crippen molar-refractivity contribution in [3.05, 3.63) is 33.2 Å². The van der Waals surface area contributed by atoms with Gasteiger partial charge in [0.05, 0.1) is 5.88 Å². The molecule has 1 aromatic rings. The minimum atomic E-state index is 0.0665. The van der Waals surface area contributed by atoms with Crippen LogP contribution in [0.1, 0.15) is 43.1 Å². The summed E-state index contributed by atoms with van der Waals surface area (Å²) in [5.41, 5.74) is 2.80. The molecule has 0 aliphatic heterocycles. The zero-order valence-electron chi connectivity index (χ0n) is 9.80. The molecular weight excluding hydrogens is 210 g/mol. The number of alkyl halides is 1. The van der Waals surface area contributed by atoms with Crippen molar-refractivity contribution in [2.75, 3.05) is 0 Å². The molecule has 0 aliphatic rings. The van der Waals surface area contributed by atoms with Gasteiger partial charge in [-0.2, -0.15) is 0 Å². The van der Waals surface area contributed by atoms with Crippen LogP contribution in [0.25, 0.3) is 0 Å². The molecule has 84 valence electrons. The molecule has 1 aromatic heterocycles. The van der Waals surface area contributed by atoms with E-state index < -0.39 is 0 Å². The summed E-state index contributed by atoms with van der Waals surface area (Å²) >= 11 is 5.80. The maximum atomic E-state index is 12.1. The van der Waals surface area contributed by atoms with E-state index in [0.29, 0.717) is 5.88 Å². The highest BCUT2D eigenvalue weighted by Crippen LogP contribution is 2.14. The first kappa shape index (κ1) is 12.3. The average molecular weight is 228 g/mol. The van der Waals surface area contributed by atoms with Gasteiger partial charge in [-0.25, -0.2) is 0 Å². The molecule has 15 heavy (non-hydrogen) atoms. The monoisotopic (exact) mass is 227 g/mol. The highest BCUT2D eigenvalue weighted by molar-refractivity contribution is 6.17. The largest absolute Gasteiger partial charge is 0.310 e. The fourth-order valence-electron chi connectivity index (χ4n) is 1.84. The van der Waals surface area contributed by atoms with Crippen LogP contribution < -0.4 is 5.56 Å². The van der Waals surface area contributed by atoms with Crippen LogP contribution in [0.2, 0.25) is 0 Å². The number of hydrogen-bond donors (Lipinski definition) is 0. The fourth-order valence-corrected chi connectivity index (χ4v) is 2.16. The maximum absolute atomic E-state index is 12.1. The molecule has 0 amide bonds. The van der Waals surface area contributed by atoms with E-state index in [4.69, 9.17) is 11.6 Å². The van der Waals surface area contributed by atoms with Crippen molar-refractivity contribution in [3.8, 4) is 0 Å². The molecule has 0 saturated carbocycles. The molecule has 0 spiro atoms. The van der Waals surface area contributed by atoms with E-state index in [0.717, 1.165) is 23.2 Å². The van der Waals surface area contributed by atoms with Crippen molar-refractivity contribution in [2.24, 2.45) is 0 Å². The second-order valence-corrected chi connectivity index (χ2v) is 4.28. The van der Waals surface area contributed by atoms with Crippen LogP contribution >= 0.6 is 11.6 Å². The summed E-state index contributed by atoms with van der Waals surface area (Å²) in [5, 5.41) is 0. The van der Waals surface area contributed by atoms with Gasteiger partial charge < -0.3 is 4.57 Å². The summed E-state index contributed by atoms with van der Waals surface area (Å²) in [7, 11) is 0. The van der Waals surface area contributed by atoms with Gasteiger partial charge in [-0.3, -0.25) is 4.79 Å². The molecule has 0 fully saturated rings.